The van der Waals surface area contributed by atoms with Crippen molar-refractivity contribution < 1.29 is 9.59 Å². The molecule has 0 aliphatic rings. The number of hydrogen-bond acceptors (Lipinski definition) is 2. The zero-order valence-corrected chi connectivity index (χ0v) is 13.5. The molecule has 2 aromatic rings. The minimum Gasteiger partial charge on any atom is -0.354 e. The molecule has 0 saturated carbocycles. The highest BCUT2D eigenvalue weighted by Gasteiger charge is 2.12. The molecule has 0 spiro atoms. The molecule has 4 nitrogen and oxygen atoms in total. The van der Waals surface area contributed by atoms with Crippen LogP contribution in [0.1, 0.15) is 24.2 Å². The van der Waals surface area contributed by atoms with Crippen LogP contribution in [0.15, 0.2) is 54.6 Å². The molecule has 0 unspecified atom stereocenters. The Balaban J connectivity index is 1.99. The van der Waals surface area contributed by atoms with Crippen molar-refractivity contribution in [3.05, 3.63) is 60.2 Å². The first-order chi connectivity index (χ1) is 11.1. The Morgan fingerprint density at radius 1 is 0.870 bits per heavy atom. The number of amides is 2. The smallest absolute Gasteiger partial charge is 0.251 e. The van der Waals surface area contributed by atoms with Gasteiger partial charge in [0, 0.05) is 24.6 Å². The van der Waals surface area contributed by atoms with Crippen LogP contribution in [0.2, 0.25) is 0 Å². The van der Waals surface area contributed by atoms with Gasteiger partial charge in [-0.3, -0.25) is 9.59 Å². The maximum atomic E-state index is 12.4. The Kier molecular flexibility index (Phi) is 5.92. The van der Waals surface area contributed by atoms with E-state index >= 15 is 0 Å². The van der Waals surface area contributed by atoms with Crippen molar-refractivity contribution in [2.75, 3.05) is 13.1 Å². The second-order valence-corrected chi connectivity index (χ2v) is 5.61. The van der Waals surface area contributed by atoms with Gasteiger partial charge in [-0.25, -0.2) is 0 Å². The summed E-state index contributed by atoms with van der Waals surface area (Å²) in [5.41, 5.74) is 2.54. The van der Waals surface area contributed by atoms with Gasteiger partial charge in [-0.15, -0.1) is 0 Å². The lowest BCUT2D eigenvalue weighted by atomic mass is 9.99. The van der Waals surface area contributed by atoms with E-state index in [4.69, 9.17) is 0 Å². The van der Waals surface area contributed by atoms with Crippen molar-refractivity contribution in [3.63, 3.8) is 0 Å². The number of carbonyl (C=O) groups excluding carboxylic acids is 2. The molecule has 0 saturated heterocycles. The maximum Gasteiger partial charge on any atom is 0.251 e. The van der Waals surface area contributed by atoms with Gasteiger partial charge < -0.3 is 10.6 Å². The van der Waals surface area contributed by atoms with E-state index < -0.39 is 0 Å². The third-order valence-corrected chi connectivity index (χ3v) is 3.49. The summed E-state index contributed by atoms with van der Waals surface area (Å²) in [6, 6.07) is 17.3. The van der Waals surface area contributed by atoms with E-state index in [2.05, 4.69) is 10.6 Å². The molecule has 2 amide bonds. The van der Waals surface area contributed by atoms with Gasteiger partial charge in [0.25, 0.3) is 5.91 Å². The molecule has 0 aliphatic heterocycles. The van der Waals surface area contributed by atoms with E-state index in [0.717, 1.165) is 11.1 Å². The standard InChI is InChI=1S/C19H22N2O2/c1-14(2)18(22)20-12-13-21-19(23)17-11-7-6-10-16(17)15-8-4-3-5-9-15/h3-11,14H,12-13H2,1-2H3,(H,20,22)(H,21,23). The van der Waals surface area contributed by atoms with E-state index in [9.17, 15) is 9.59 Å². The number of rotatable bonds is 6. The first kappa shape index (κ1) is 16.7. The Morgan fingerprint density at radius 2 is 1.48 bits per heavy atom. The Bertz CT molecular complexity index is 666. The summed E-state index contributed by atoms with van der Waals surface area (Å²) in [6.07, 6.45) is 0. The van der Waals surface area contributed by atoms with Gasteiger partial charge >= 0.3 is 0 Å². The van der Waals surface area contributed by atoms with Crippen LogP contribution in [0.4, 0.5) is 0 Å². The molecule has 2 rings (SSSR count). The lowest BCUT2D eigenvalue weighted by Gasteiger charge is -2.11. The molecule has 0 bridgehead atoms. The molecule has 4 heteroatoms. The second kappa shape index (κ2) is 8.13. The molecular weight excluding hydrogens is 288 g/mol. The van der Waals surface area contributed by atoms with Crippen molar-refractivity contribution in [3.8, 4) is 11.1 Å². The van der Waals surface area contributed by atoms with Crippen molar-refractivity contribution in [2.24, 2.45) is 5.92 Å². The van der Waals surface area contributed by atoms with Gasteiger partial charge in [-0.05, 0) is 17.2 Å². The third kappa shape index (κ3) is 4.68. The molecule has 120 valence electrons. The Hall–Kier alpha value is -2.62. The third-order valence-electron chi connectivity index (χ3n) is 3.49. The number of hydrogen-bond donors (Lipinski definition) is 2. The van der Waals surface area contributed by atoms with Crippen LogP contribution in [0, 0.1) is 5.92 Å². The highest BCUT2D eigenvalue weighted by molar-refractivity contribution is 6.00. The first-order valence-corrected chi connectivity index (χ1v) is 7.80. The average molecular weight is 310 g/mol. The summed E-state index contributed by atoms with van der Waals surface area (Å²) in [5.74, 6) is -0.198. The summed E-state index contributed by atoms with van der Waals surface area (Å²) in [6.45, 7) is 4.50. The van der Waals surface area contributed by atoms with Gasteiger partial charge in [0.05, 0.1) is 0 Å². The quantitative estimate of drug-likeness (QED) is 0.806. The van der Waals surface area contributed by atoms with Gasteiger partial charge in [0.1, 0.15) is 0 Å². The van der Waals surface area contributed by atoms with Crippen LogP contribution in [0.25, 0.3) is 11.1 Å². The van der Waals surface area contributed by atoms with Crippen molar-refractivity contribution >= 4 is 11.8 Å². The van der Waals surface area contributed by atoms with Crippen LogP contribution < -0.4 is 10.6 Å². The van der Waals surface area contributed by atoms with Gasteiger partial charge in [-0.1, -0.05) is 62.4 Å². The first-order valence-electron chi connectivity index (χ1n) is 7.80. The molecule has 0 heterocycles. The summed E-state index contributed by atoms with van der Waals surface area (Å²) in [7, 11) is 0. The molecular formula is C19H22N2O2. The van der Waals surface area contributed by atoms with Crippen LogP contribution in [0.5, 0.6) is 0 Å². The topological polar surface area (TPSA) is 58.2 Å². The predicted molar refractivity (Wildman–Crippen MR) is 92.1 cm³/mol. The summed E-state index contributed by atoms with van der Waals surface area (Å²) in [4.78, 5) is 23.9. The fourth-order valence-electron chi connectivity index (χ4n) is 2.21. The molecule has 2 N–H and O–H groups in total. The molecule has 0 atom stereocenters. The van der Waals surface area contributed by atoms with Crippen molar-refractivity contribution in [1.29, 1.82) is 0 Å². The largest absolute Gasteiger partial charge is 0.354 e. The lowest BCUT2D eigenvalue weighted by Crippen LogP contribution is -2.36. The minimum absolute atomic E-state index is 0.0102. The zero-order chi connectivity index (χ0) is 16.7. The van der Waals surface area contributed by atoms with E-state index in [0.29, 0.717) is 18.7 Å². The van der Waals surface area contributed by atoms with Gasteiger partial charge in [0.15, 0.2) is 0 Å². The summed E-state index contributed by atoms with van der Waals surface area (Å²) < 4.78 is 0. The molecule has 0 fully saturated rings. The average Bonchev–Trinajstić information content (AvgIpc) is 2.59. The summed E-state index contributed by atoms with van der Waals surface area (Å²) >= 11 is 0. The van der Waals surface area contributed by atoms with E-state index in [1.165, 1.54) is 0 Å². The van der Waals surface area contributed by atoms with Crippen LogP contribution >= 0.6 is 0 Å². The molecule has 2 aromatic carbocycles. The maximum absolute atomic E-state index is 12.4. The normalized spacial score (nSPS) is 10.4. The van der Waals surface area contributed by atoms with Gasteiger partial charge in [-0.2, -0.15) is 0 Å². The summed E-state index contributed by atoms with van der Waals surface area (Å²) in [5, 5.41) is 5.63. The van der Waals surface area contributed by atoms with Crippen LogP contribution in [-0.2, 0) is 4.79 Å². The van der Waals surface area contributed by atoms with E-state index in [1.54, 1.807) is 0 Å². The molecule has 0 radical (unpaired) electrons. The van der Waals surface area contributed by atoms with Crippen molar-refractivity contribution in [1.82, 2.24) is 10.6 Å². The Morgan fingerprint density at radius 3 is 2.17 bits per heavy atom. The van der Waals surface area contributed by atoms with E-state index in [1.807, 2.05) is 68.4 Å². The SMILES string of the molecule is CC(C)C(=O)NCCNC(=O)c1ccccc1-c1ccccc1. The van der Waals surface area contributed by atoms with E-state index in [-0.39, 0.29) is 17.7 Å². The zero-order valence-electron chi connectivity index (χ0n) is 13.5. The van der Waals surface area contributed by atoms with Crippen LogP contribution in [-0.4, -0.2) is 24.9 Å². The number of benzene rings is 2. The van der Waals surface area contributed by atoms with Gasteiger partial charge in [0.2, 0.25) is 5.91 Å². The fourth-order valence-corrected chi connectivity index (χ4v) is 2.21. The molecule has 0 aliphatic carbocycles. The molecule has 23 heavy (non-hydrogen) atoms. The number of carbonyl (C=O) groups is 2. The lowest BCUT2D eigenvalue weighted by molar-refractivity contribution is -0.123. The minimum atomic E-state index is -0.136. The molecule has 0 aromatic heterocycles. The van der Waals surface area contributed by atoms with Crippen LogP contribution in [0.3, 0.4) is 0 Å². The van der Waals surface area contributed by atoms with Crippen molar-refractivity contribution in [2.45, 2.75) is 13.8 Å². The number of nitrogens with one attached hydrogen (secondary N) is 2. The highest BCUT2D eigenvalue weighted by atomic mass is 16.2. The monoisotopic (exact) mass is 310 g/mol. The Labute approximate surface area is 136 Å². The highest BCUT2D eigenvalue weighted by Crippen LogP contribution is 2.23. The second-order valence-electron chi connectivity index (χ2n) is 5.61. The predicted octanol–water partition coefficient (Wildman–Crippen LogP) is 2.86. The fraction of sp³-hybridized carbons (Fsp3) is 0.263.